The van der Waals surface area contributed by atoms with Crippen LogP contribution in [0.5, 0.6) is 0 Å². The molecule has 1 aromatic carbocycles. The van der Waals surface area contributed by atoms with Crippen LogP contribution in [0.15, 0.2) is 18.2 Å². The Morgan fingerprint density at radius 1 is 1.56 bits per heavy atom. The SMILES string of the molecule is CC(C)C(SCc1ccc(F)cc1C#N)C(=O)O. The number of aliphatic carboxylic acids is 1. The number of carboxylic acids is 1. The molecule has 0 fully saturated rings. The van der Waals surface area contributed by atoms with Gasteiger partial charge in [-0.05, 0) is 23.6 Å². The predicted molar refractivity (Wildman–Crippen MR) is 68.7 cm³/mol. The minimum atomic E-state index is -0.865. The van der Waals surface area contributed by atoms with Crippen LogP contribution in [0.1, 0.15) is 25.0 Å². The van der Waals surface area contributed by atoms with E-state index in [1.165, 1.54) is 30.0 Å². The van der Waals surface area contributed by atoms with Gasteiger partial charge in [0.1, 0.15) is 11.1 Å². The van der Waals surface area contributed by atoms with Crippen molar-refractivity contribution in [1.29, 1.82) is 5.26 Å². The molecule has 1 aromatic rings. The third-order valence-electron chi connectivity index (χ3n) is 2.46. The predicted octanol–water partition coefficient (Wildman–Crippen LogP) is 3.04. The lowest BCUT2D eigenvalue weighted by Crippen LogP contribution is -2.22. The Morgan fingerprint density at radius 3 is 2.72 bits per heavy atom. The van der Waals surface area contributed by atoms with Gasteiger partial charge in [0.15, 0.2) is 0 Å². The second kappa shape index (κ2) is 6.41. The number of rotatable bonds is 5. The van der Waals surface area contributed by atoms with Crippen LogP contribution < -0.4 is 0 Å². The van der Waals surface area contributed by atoms with Crippen molar-refractivity contribution in [3.8, 4) is 6.07 Å². The molecule has 0 saturated carbocycles. The topological polar surface area (TPSA) is 61.1 Å². The lowest BCUT2D eigenvalue weighted by atomic mass is 10.1. The maximum atomic E-state index is 12.9. The highest BCUT2D eigenvalue weighted by Gasteiger charge is 2.22. The molecule has 0 saturated heterocycles. The molecule has 0 spiro atoms. The first-order valence-corrected chi connectivity index (χ1v) is 6.53. The molecule has 1 rings (SSSR count). The first kappa shape index (κ1) is 14.5. The molecule has 18 heavy (non-hydrogen) atoms. The Bertz CT molecular complexity index is 482. The van der Waals surface area contributed by atoms with E-state index >= 15 is 0 Å². The van der Waals surface area contributed by atoms with Crippen LogP contribution in [0.4, 0.5) is 4.39 Å². The molecule has 0 amide bonds. The summed E-state index contributed by atoms with van der Waals surface area (Å²) in [6.07, 6.45) is 0. The third-order valence-corrected chi connectivity index (χ3v) is 4.04. The molecular formula is C13H14FNO2S. The molecule has 5 heteroatoms. The zero-order valence-corrected chi connectivity index (χ0v) is 11.0. The van der Waals surface area contributed by atoms with Gasteiger partial charge in [-0.1, -0.05) is 19.9 Å². The first-order chi connectivity index (χ1) is 8.45. The van der Waals surface area contributed by atoms with Gasteiger partial charge >= 0.3 is 5.97 Å². The molecule has 96 valence electrons. The van der Waals surface area contributed by atoms with Gasteiger partial charge in [-0.3, -0.25) is 4.79 Å². The highest BCUT2D eigenvalue weighted by molar-refractivity contribution is 7.99. The summed E-state index contributed by atoms with van der Waals surface area (Å²) in [5.41, 5.74) is 0.922. The normalized spacial score (nSPS) is 12.2. The fourth-order valence-electron chi connectivity index (χ4n) is 1.51. The molecule has 0 aliphatic heterocycles. The molecule has 0 radical (unpaired) electrons. The monoisotopic (exact) mass is 267 g/mol. The fourth-order valence-corrected chi connectivity index (χ4v) is 2.65. The Kier molecular flexibility index (Phi) is 5.17. The number of benzene rings is 1. The van der Waals surface area contributed by atoms with Gasteiger partial charge < -0.3 is 5.11 Å². The number of thioether (sulfide) groups is 1. The number of nitriles is 1. The first-order valence-electron chi connectivity index (χ1n) is 5.48. The van der Waals surface area contributed by atoms with E-state index in [9.17, 15) is 9.18 Å². The lowest BCUT2D eigenvalue weighted by Gasteiger charge is -2.15. The summed E-state index contributed by atoms with van der Waals surface area (Å²) in [6, 6.07) is 5.89. The van der Waals surface area contributed by atoms with Gasteiger partial charge in [0, 0.05) is 5.75 Å². The van der Waals surface area contributed by atoms with Crippen molar-refractivity contribution in [3.05, 3.63) is 35.1 Å². The summed E-state index contributed by atoms with van der Waals surface area (Å²) < 4.78 is 12.9. The van der Waals surface area contributed by atoms with E-state index in [-0.39, 0.29) is 11.5 Å². The highest BCUT2D eigenvalue weighted by Crippen LogP contribution is 2.25. The molecule has 3 nitrogen and oxygen atoms in total. The Balaban J connectivity index is 2.80. The molecule has 0 aromatic heterocycles. The largest absolute Gasteiger partial charge is 0.480 e. The maximum Gasteiger partial charge on any atom is 0.316 e. The van der Waals surface area contributed by atoms with Gasteiger partial charge in [-0.25, -0.2) is 4.39 Å². The van der Waals surface area contributed by atoms with E-state index in [2.05, 4.69) is 0 Å². The summed E-state index contributed by atoms with van der Waals surface area (Å²) in [4.78, 5) is 11.0. The van der Waals surface area contributed by atoms with Crippen molar-refractivity contribution < 1.29 is 14.3 Å². The molecule has 1 unspecified atom stereocenters. The summed E-state index contributed by atoms with van der Waals surface area (Å²) >= 11 is 1.25. The van der Waals surface area contributed by atoms with Crippen LogP contribution in [0.25, 0.3) is 0 Å². The van der Waals surface area contributed by atoms with Crippen LogP contribution >= 0.6 is 11.8 Å². The fraction of sp³-hybridized carbons (Fsp3) is 0.385. The van der Waals surface area contributed by atoms with Crippen LogP contribution in [-0.4, -0.2) is 16.3 Å². The van der Waals surface area contributed by atoms with Crippen LogP contribution in [0.2, 0.25) is 0 Å². The average Bonchev–Trinajstić information content (AvgIpc) is 2.30. The molecular weight excluding hydrogens is 253 g/mol. The van der Waals surface area contributed by atoms with Crippen molar-refractivity contribution in [2.24, 2.45) is 5.92 Å². The number of hydrogen-bond donors (Lipinski definition) is 1. The number of hydrogen-bond acceptors (Lipinski definition) is 3. The van der Waals surface area contributed by atoms with E-state index in [0.29, 0.717) is 11.3 Å². The molecule has 0 bridgehead atoms. The minimum absolute atomic E-state index is 0.00140. The second-order valence-corrected chi connectivity index (χ2v) is 5.36. The molecule has 0 heterocycles. The highest BCUT2D eigenvalue weighted by atomic mass is 32.2. The third kappa shape index (κ3) is 3.74. The van der Waals surface area contributed by atoms with Gasteiger partial charge in [-0.15, -0.1) is 11.8 Å². The van der Waals surface area contributed by atoms with Crippen LogP contribution in [0.3, 0.4) is 0 Å². The number of carboxylic acid groups (broad SMARTS) is 1. The second-order valence-electron chi connectivity index (χ2n) is 4.23. The summed E-state index contributed by atoms with van der Waals surface area (Å²) in [6.45, 7) is 3.67. The van der Waals surface area contributed by atoms with Crippen molar-refractivity contribution in [2.75, 3.05) is 0 Å². The van der Waals surface area contributed by atoms with E-state index in [4.69, 9.17) is 10.4 Å². The lowest BCUT2D eigenvalue weighted by molar-refractivity contribution is -0.137. The summed E-state index contributed by atoms with van der Waals surface area (Å²) in [5, 5.41) is 17.4. The van der Waals surface area contributed by atoms with Gasteiger partial charge in [-0.2, -0.15) is 5.26 Å². The quantitative estimate of drug-likeness (QED) is 0.890. The van der Waals surface area contributed by atoms with Crippen LogP contribution in [0, 0.1) is 23.1 Å². The van der Waals surface area contributed by atoms with E-state index < -0.39 is 17.0 Å². The zero-order valence-electron chi connectivity index (χ0n) is 10.2. The minimum Gasteiger partial charge on any atom is -0.480 e. The molecule has 1 N–H and O–H groups in total. The van der Waals surface area contributed by atoms with Crippen molar-refractivity contribution in [2.45, 2.75) is 24.9 Å². The Hall–Kier alpha value is -1.54. The van der Waals surface area contributed by atoms with E-state index in [1.807, 2.05) is 19.9 Å². The van der Waals surface area contributed by atoms with Gasteiger partial charge in [0.2, 0.25) is 0 Å². The van der Waals surface area contributed by atoms with Crippen molar-refractivity contribution in [3.63, 3.8) is 0 Å². The maximum absolute atomic E-state index is 12.9. The van der Waals surface area contributed by atoms with Crippen molar-refractivity contribution >= 4 is 17.7 Å². The zero-order chi connectivity index (χ0) is 13.7. The molecule has 0 aliphatic rings. The Labute approximate surface area is 110 Å². The molecule has 1 atom stereocenters. The van der Waals surface area contributed by atoms with E-state index in [1.54, 1.807) is 0 Å². The smallest absolute Gasteiger partial charge is 0.316 e. The number of nitrogens with zero attached hydrogens (tertiary/aromatic N) is 1. The van der Waals surface area contributed by atoms with Gasteiger partial charge in [0.05, 0.1) is 11.6 Å². The van der Waals surface area contributed by atoms with Crippen molar-refractivity contribution in [1.82, 2.24) is 0 Å². The standard InChI is InChI=1S/C13H14FNO2S/c1-8(2)12(13(16)17)18-7-9-3-4-11(14)5-10(9)6-15/h3-5,8,12H,7H2,1-2H3,(H,16,17). The summed E-state index contributed by atoms with van der Waals surface area (Å²) in [5.74, 6) is -0.939. The number of halogens is 1. The van der Waals surface area contributed by atoms with Crippen LogP contribution in [-0.2, 0) is 10.5 Å². The summed E-state index contributed by atoms with van der Waals surface area (Å²) in [7, 11) is 0. The Morgan fingerprint density at radius 2 is 2.22 bits per heavy atom. The average molecular weight is 267 g/mol. The van der Waals surface area contributed by atoms with Gasteiger partial charge in [0.25, 0.3) is 0 Å². The van der Waals surface area contributed by atoms with E-state index in [0.717, 1.165) is 0 Å². The molecule has 0 aliphatic carbocycles. The number of carbonyl (C=O) groups is 1.